The highest BCUT2D eigenvalue weighted by molar-refractivity contribution is 5.50. The summed E-state index contributed by atoms with van der Waals surface area (Å²) in [6, 6.07) is 3.81. The van der Waals surface area contributed by atoms with E-state index in [1.807, 2.05) is 12.1 Å². The number of alkyl halides is 1. The first-order valence-corrected chi connectivity index (χ1v) is 7.04. The molecule has 1 fully saturated rings. The Hall–Kier alpha value is -1.29. The number of rotatable bonds is 2. The molecule has 0 aromatic heterocycles. The fourth-order valence-corrected chi connectivity index (χ4v) is 2.94. The zero-order valence-electron chi connectivity index (χ0n) is 11.2. The number of hydrogen-bond acceptors (Lipinski definition) is 3. The Morgan fingerprint density at radius 2 is 2.00 bits per heavy atom. The van der Waals surface area contributed by atoms with Gasteiger partial charge in [0, 0.05) is 6.54 Å². The van der Waals surface area contributed by atoms with Gasteiger partial charge in [-0.1, -0.05) is 0 Å². The van der Waals surface area contributed by atoms with E-state index in [1.165, 1.54) is 0 Å². The molecule has 0 bridgehead atoms. The zero-order valence-corrected chi connectivity index (χ0v) is 11.2. The summed E-state index contributed by atoms with van der Waals surface area (Å²) in [4.78, 5) is 0. The first kappa shape index (κ1) is 12.7. The van der Waals surface area contributed by atoms with Crippen molar-refractivity contribution in [1.29, 1.82) is 0 Å². The summed E-state index contributed by atoms with van der Waals surface area (Å²) in [5.74, 6) is 1.81. The van der Waals surface area contributed by atoms with Crippen LogP contribution in [0.1, 0.15) is 43.0 Å². The smallest absolute Gasteiger partial charge is 0.161 e. The van der Waals surface area contributed by atoms with E-state index in [9.17, 15) is 4.39 Å². The van der Waals surface area contributed by atoms with E-state index in [4.69, 9.17) is 9.47 Å². The molecule has 104 valence electrons. The topological polar surface area (TPSA) is 30.5 Å². The van der Waals surface area contributed by atoms with Crippen LogP contribution in [0.25, 0.3) is 0 Å². The van der Waals surface area contributed by atoms with Gasteiger partial charge in [-0.05, 0) is 55.5 Å². The molecular weight excluding hydrogens is 245 g/mol. The predicted molar refractivity (Wildman–Crippen MR) is 71.8 cm³/mol. The molecule has 19 heavy (non-hydrogen) atoms. The Kier molecular flexibility index (Phi) is 3.60. The van der Waals surface area contributed by atoms with Crippen molar-refractivity contribution >= 4 is 0 Å². The number of benzene rings is 1. The van der Waals surface area contributed by atoms with Crippen molar-refractivity contribution in [1.82, 2.24) is 5.32 Å². The standard InChI is InChI=1S/C15H20FNO2/c1-10(16)12-7-14-15(19-6-5-18-14)8-13(12)11-3-2-4-17-9-11/h7-8,10-11,17H,2-6,9H2,1H3. The quantitative estimate of drug-likeness (QED) is 0.891. The normalized spacial score (nSPS) is 24.0. The minimum Gasteiger partial charge on any atom is -0.486 e. The van der Waals surface area contributed by atoms with Gasteiger partial charge in [0.25, 0.3) is 0 Å². The van der Waals surface area contributed by atoms with E-state index in [0.717, 1.165) is 42.8 Å². The lowest BCUT2D eigenvalue weighted by molar-refractivity contribution is 0.170. The third-order valence-electron chi connectivity index (χ3n) is 3.91. The lowest BCUT2D eigenvalue weighted by Gasteiger charge is -2.28. The SMILES string of the molecule is CC(F)c1cc2c(cc1C1CCCNC1)OCCO2. The fraction of sp³-hybridized carbons (Fsp3) is 0.600. The van der Waals surface area contributed by atoms with Gasteiger partial charge in [-0.15, -0.1) is 0 Å². The Morgan fingerprint density at radius 3 is 2.63 bits per heavy atom. The lowest BCUT2D eigenvalue weighted by Crippen LogP contribution is -2.29. The molecule has 1 saturated heterocycles. The third-order valence-corrected chi connectivity index (χ3v) is 3.91. The van der Waals surface area contributed by atoms with Crippen LogP contribution in [0.2, 0.25) is 0 Å². The summed E-state index contributed by atoms with van der Waals surface area (Å²) in [5, 5.41) is 3.39. The summed E-state index contributed by atoms with van der Waals surface area (Å²) in [6.07, 6.45) is 1.26. The van der Waals surface area contributed by atoms with Gasteiger partial charge in [-0.25, -0.2) is 4.39 Å². The van der Waals surface area contributed by atoms with Crippen molar-refractivity contribution in [2.45, 2.75) is 31.9 Å². The van der Waals surface area contributed by atoms with E-state index in [2.05, 4.69) is 5.32 Å². The lowest BCUT2D eigenvalue weighted by atomic mass is 9.86. The molecule has 2 aliphatic heterocycles. The maximum atomic E-state index is 13.9. The average Bonchev–Trinajstić information content (AvgIpc) is 2.46. The molecule has 3 nitrogen and oxygen atoms in total. The van der Waals surface area contributed by atoms with Gasteiger partial charge in [0.15, 0.2) is 11.5 Å². The van der Waals surface area contributed by atoms with Crippen LogP contribution in [0.4, 0.5) is 4.39 Å². The Labute approximate surface area is 113 Å². The summed E-state index contributed by atoms with van der Waals surface area (Å²) in [5.41, 5.74) is 1.82. The van der Waals surface area contributed by atoms with E-state index in [0.29, 0.717) is 24.9 Å². The molecular formula is C15H20FNO2. The van der Waals surface area contributed by atoms with Gasteiger partial charge < -0.3 is 14.8 Å². The molecule has 1 aromatic rings. The molecule has 0 aliphatic carbocycles. The van der Waals surface area contributed by atoms with Crippen LogP contribution in [0.15, 0.2) is 12.1 Å². The highest BCUT2D eigenvalue weighted by Crippen LogP contribution is 2.40. The van der Waals surface area contributed by atoms with Gasteiger partial charge in [0.2, 0.25) is 0 Å². The molecule has 3 rings (SSSR count). The van der Waals surface area contributed by atoms with Crippen LogP contribution in [0, 0.1) is 0 Å². The summed E-state index contributed by atoms with van der Waals surface area (Å²) in [7, 11) is 0. The van der Waals surface area contributed by atoms with Crippen LogP contribution in [-0.4, -0.2) is 26.3 Å². The number of ether oxygens (including phenoxy) is 2. The predicted octanol–water partition coefficient (Wildman–Crippen LogP) is 2.96. The van der Waals surface area contributed by atoms with Crippen molar-refractivity contribution in [2.24, 2.45) is 0 Å². The van der Waals surface area contributed by atoms with Crippen molar-refractivity contribution in [3.8, 4) is 11.5 Å². The Bertz CT molecular complexity index is 456. The molecule has 2 unspecified atom stereocenters. The molecule has 2 heterocycles. The first-order valence-electron chi connectivity index (χ1n) is 7.04. The van der Waals surface area contributed by atoms with E-state index in [1.54, 1.807) is 6.92 Å². The monoisotopic (exact) mass is 265 g/mol. The molecule has 4 heteroatoms. The second-order valence-electron chi connectivity index (χ2n) is 5.28. The number of fused-ring (bicyclic) bond motifs is 1. The van der Waals surface area contributed by atoms with Crippen LogP contribution >= 0.6 is 0 Å². The molecule has 0 spiro atoms. The number of halogens is 1. The van der Waals surface area contributed by atoms with Crippen molar-refractivity contribution in [3.05, 3.63) is 23.3 Å². The molecule has 1 N–H and O–H groups in total. The second-order valence-corrected chi connectivity index (χ2v) is 5.28. The largest absolute Gasteiger partial charge is 0.486 e. The maximum absolute atomic E-state index is 13.9. The van der Waals surface area contributed by atoms with Crippen molar-refractivity contribution in [3.63, 3.8) is 0 Å². The molecule has 2 atom stereocenters. The average molecular weight is 265 g/mol. The zero-order chi connectivity index (χ0) is 13.2. The van der Waals surface area contributed by atoms with E-state index < -0.39 is 6.17 Å². The van der Waals surface area contributed by atoms with Gasteiger partial charge >= 0.3 is 0 Å². The molecule has 0 saturated carbocycles. The van der Waals surface area contributed by atoms with Gasteiger partial charge in [0.1, 0.15) is 19.4 Å². The van der Waals surface area contributed by atoms with E-state index >= 15 is 0 Å². The number of nitrogens with one attached hydrogen (secondary N) is 1. The second kappa shape index (κ2) is 5.37. The van der Waals surface area contributed by atoms with Gasteiger partial charge in [-0.3, -0.25) is 0 Å². The minimum absolute atomic E-state index is 0.373. The molecule has 1 aromatic carbocycles. The first-order chi connectivity index (χ1) is 9.25. The number of piperidine rings is 1. The van der Waals surface area contributed by atoms with E-state index in [-0.39, 0.29) is 0 Å². The van der Waals surface area contributed by atoms with Gasteiger partial charge in [-0.2, -0.15) is 0 Å². The molecule has 0 radical (unpaired) electrons. The highest BCUT2D eigenvalue weighted by atomic mass is 19.1. The summed E-state index contributed by atoms with van der Waals surface area (Å²) >= 11 is 0. The fourth-order valence-electron chi connectivity index (χ4n) is 2.94. The van der Waals surface area contributed by atoms with Crippen LogP contribution in [-0.2, 0) is 0 Å². The van der Waals surface area contributed by atoms with Crippen LogP contribution in [0.3, 0.4) is 0 Å². The van der Waals surface area contributed by atoms with Gasteiger partial charge in [0.05, 0.1) is 0 Å². The maximum Gasteiger partial charge on any atom is 0.161 e. The highest BCUT2D eigenvalue weighted by Gasteiger charge is 2.24. The number of hydrogen-bond donors (Lipinski definition) is 1. The van der Waals surface area contributed by atoms with Crippen molar-refractivity contribution < 1.29 is 13.9 Å². The van der Waals surface area contributed by atoms with Crippen molar-refractivity contribution in [2.75, 3.05) is 26.3 Å². The third kappa shape index (κ3) is 2.54. The molecule has 0 amide bonds. The van der Waals surface area contributed by atoms with Crippen LogP contribution < -0.4 is 14.8 Å². The molecule has 2 aliphatic rings. The Morgan fingerprint density at radius 1 is 1.26 bits per heavy atom. The minimum atomic E-state index is -0.979. The Balaban J connectivity index is 2.00. The summed E-state index contributed by atoms with van der Waals surface area (Å²) < 4.78 is 25.1. The van der Waals surface area contributed by atoms with Crippen LogP contribution in [0.5, 0.6) is 11.5 Å². The summed E-state index contributed by atoms with van der Waals surface area (Å²) in [6.45, 7) is 4.67.